The smallest absolute Gasteiger partial charge is 0.332 e. The third-order valence-corrected chi connectivity index (χ3v) is 6.17. The second-order valence-electron chi connectivity index (χ2n) is 9.47. The SMILES string of the molecule is CCCNC(=O)c1ccc(Cn2c(=O)c3cc(OC)c(OC)cc3n(CC(=O)NCCC(C)C)c2=O)cc1. The second-order valence-corrected chi connectivity index (χ2v) is 9.47. The van der Waals surface area contributed by atoms with Gasteiger partial charge >= 0.3 is 5.69 Å². The number of carbonyl (C=O) groups excluding carboxylic acids is 2. The number of ether oxygens (including phenoxy) is 2. The average Bonchev–Trinajstić information content (AvgIpc) is 2.91. The van der Waals surface area contributed by atoms with E-state index in [1.807, 2.05) is 6.92 Å². The molecule has 204 valence electrons. The summed E-state index contributed by atoms with van der Waals surface area (Å²) >= 11 is 0. The maximum Gasteiger partial charge on any atom is 0.332 e. The summed E-state index contributed by atoms with van der Waals surface area (Å²) in [4.78, 5) is 52.0. The van der Waals surface area contributed by atoms with Crippen LogP contribution in [0.4, 0.5) is 0 Å². The van der Waals surface area contributed by atoms with Crippen LogP contribution in [-0.4, -0.2) is 48.3 Å². The van der Waals surface area contributed by atoms with Gasteiger partial charge in [0.15, 0.2) is 11.5 Å². The van der Waals surface area contributed by atoms with Crippen molar-refractivity contribution in [1.82, 2.24) is 19.8 Å². The highest BCUT2D eigenvalue weighted by atomic mass is 16.5. The fourth-order valence-electron chi connectivity index (χ4n) is 4.02. The van der Waals surface area contributed by atoms with Gasteiger partial charge in [-0.2, -0.15) is 0 Å². The van der Waals surface area contributed by atoms with Gasteiger partial charge in [0.05, 0.1) is 31.7 Å². The number of hydrogen-bond acceptors (Lipinski definition) is 6. The largest absolute Gasteiger partial charge is 0.493 e. The number of aromatic nitrogens is 2. The molecule has 0 atom stereocenters. The maximum atomic E-state index is 13.6. The lowest BCUT2D eigenvalue weighted by atomic mass is 10.1. The molecule has 0 saturated heterocycles. The van der Waals surface area contributed by atoms with Crippen LogP contribution in [-0.2, 0) is 17.9 Å². The van der Waals surface area contributed by atoms with E-state index in [0.29, 0.717) is 41.6 Å². The highest BCUT2D eigenvalue weighted by Gasteiger charge is 2.19. The van der Waals surface area contributed by atoms with E-state index in [2.05, 4.69) is 24.5 Å². The molecule has 1 heterocycles. The van der Waals surface area contributed by atoms with Gasteiger partial charge in [-0.05, 0) is 42.5 Å². The number of methoxy groups -OCH3 is 2. The van der Waals surface area contributed by atoms with Crippen LogP contribution in [0.1, 0.15) is 49.5 Å². The number of amides is 2. The standard InChI is InChI=1S/C28H36N4O6/c1-6-12-30-26(34)20-9-7-19(8-10-20)16-32-27(35)21-14-23(37-4)24(38-5)15-22(21)31(28(32)36)17-25(33)29-13-11-18(2)3/h7-10,14-15,18H,6,11-13,16-17H2,1-5H3,(H,29,33)(H,30,34). The zero-order valence-electron chi connectivity index (χ0n) is 22.6. The van der Waals surface area contributed by atoms with Gasteiger partial charge in [-0.25, -0.2) is 4.79 Å². The van der Waals surface area contributed by atoms with Gasteiger partial charge in [-0.15, -0.1) is 0 Å². The molecule has 10 heteroatoms. The van der Waals surface area contributed by atoms with E-state index in [4.69, 9.17) is 9.47 Å². The molecular formula is C28H36N4O6. The highest BCUT2D eigenvalue weighted by molar-refractivity contribution is 5.94. The van der Waals surface area contributed by atoms with Gasteiger partial charge in [0.2, 0.25) is 5.91 Å². The minimum Gasteiger partial charge on any atom is -0.493 e. The van der Waals surface area contributed by atoms with E-state index >= 15 is 0 Å². The first-order valence-electron chi connectivity index (χ1n) is 12.7. The van der Waals surface area contributed by atoms with E-state index in [1.165, 1.54) is 30.9 Å². The molecule has 0 saturated carbocycles. The molecule has 3 aromatic rings. The van der Waals surface area contributed by atoms with Crippen molar-refractivity contribution in [2.24, 2.45) is 5.92 Å². The number of hydrogen-bond donors (Lipinski definition) is 2. The van der Waals surface area contributed by atoms with Gasteiger partial charge in [0.25, 0.3) is 11.5 Å². The molecule has 0 unspecified atom stereocenters. The lowest BCUT2D eigenvalue weighted by Crippen LogP contribution is -2.43. The second kappa shape index (κ2) is 12.9. The molecule has 1 aromatic heterocycles. The van der Waals surface area contributed by atoms with Crippen LogP contribution in [0.25, 0.3) is 10.9 Å². The quantitative estimate of drug-likeness (QED) is 0.376. The number of nitrogens with one attached hydrogen (secondary N) is 2. The minimum atomic E-state index is -0.626. The Morgan fingerprint density at radius 2 is 1.58 bits per heavy atom. The zero-order valence-corrected chi connectivity index (χ0v) is 22.6. The third kappa shape index (κ3) is 6.62. The molecule has 0 fully saturated rings. The third-order valence-electron chi connectivity index (χ3n) is 6.17. The molecule has 0 aliphatic heterocycles. The van der Waals surface area contributed by atoms with Crippen LogP contribution in [0.2, 0.25) is 0 Å². The molecule has 10 nitrogen and oxygen atoms in total. The first-order valence-corrected chi connectivity index (χ1v) is 12.7. The predicted octanol–water partition coefficient (Wildman–Crippen LogP) is 2.53. The van der Waals surface area contributed by atoms with Gasteiger partial charge in [-0.3, -0.25) is 23.5 Å². The Morgan fingerprint density at radius 3 is 2.18 bits per heavy atom. The molecule has 0 bridgehead atoms. The lowest BCUT2D eigenvalue weighted by molar-refractivity contribution is -0.121. The van der Waals surface area contributed by atoms with Gasteiger partial charge < -0.3 is 20.1 Å². The summed E-state index contributed by atoms with van der Waals surface area (Å²) in [5.41, 5.74) is 0.269. The Morgan fingerprint density at radius 1 is 0.921 bits per heavy atom. The van der Waals surface area contributed by atoms with Gasteiger partial charge in [0, 0.05) is 24.7 Å². The van der Waals surface area contributed by atoms with E-state index in [0.717, 1.165) is 17.4 Å². The van der Waals surface area contributed by atoms with Crippen LogP contribution in [0.3, 0.4) is 0 Å². The molecule has 38 heavy (non-hydrogen) atoms. The van der Waals surface area contributed by atoms with Crippen molar-refractivity contribution in [3.05, 3.63) is 68.4 Å². The molecule has 2 aromatic carbocycles. The topological polar surface area (TPSA) is 121 Å². The van der Waals surface area contributed by atoms with Gasteiger partial charge in [-0.1, -0.05) is 32.9 Å². The van der Waals surface area contributed by atoms with Crippen LogP contribution in [0, 0.1) is 5.92 Å². The fraction of sp³-hybridized carbons (Fsp3) is 0.429. The average molecular weight is 525 g/mol. The summed E-state index contributed by atoms with van der Waals surface area (Å²) in [5.74, 6) is 0.561. The summed E-state index contributed by atoms with van der Waals surface area (Å²) in [6.45, 7) is 6.85. The predicted molar refractivity (Wildman–Crippen MR) is 146 cm³/mol. The van der Waals surface area contributed by atoms with Gasteiger partial charge in [0.1, 0.15) is 6.54 Å². The summed E-state index contributed by atoms with van der Waals surface area (Å²) in [6, 6.07) is 9.76. The fourth-order valence-corrected chi connectivity index (χ4v) is 4.02. The van der Waals surface area contributed by atoms with Crippen LogP contribution >= 0.6 is 0 Å². The van der Waals surface area contributed by atoms with Crippen molar-refractivity contribution >= 4 is 22.7 Å². The monoisotopic (exact) mass is 524 g/mol. The maximum absolute atomic E-state index is 13.6. The Balaban J connectivity index is 2.05. The number of fused-ring (bicyclic) bond motifs is 1. The molecule has 0 aliphatic carbocycles. The summed E-state index contributed by atoms with van der Waals surface area (Å²) in [6.07, 6.45) is 1.63. The number of carbonyl (C=O) groups is 2. The zero-order chi connectivity index (χ0) is 27.8. The van der Waals surface area contributed by atoms with E-state index in [1.54, 1.807) is 24.3 Å². The summed E-state index contributed by atoms with van der Waals surface area (Å²) < 4.78 is 13.1. The molecule has 2 N–H and O–H groups in total. The molecule has 0 radical (unpaired) electrons. The van der Waals surface area contributed by atoms with Crippen molar-refractivity contribution in [2.45, 2.75) is 46.7 Å². The normalized spacial score (nSPS) is 11.0. The molecule has 2 amide bonds. The highest BCUT2D eigenvalue weighted by Crippen LogP contribution is 2.30. The molecular weight excluding hydrogens is 488 g/mol. The van der Waals surface area contributed by atoms with Crippen molar-refractivity contribution < 1.29 is 19.1 Å². The van der Waals surface area contributed by atoms with E-state index < -0.39 is 11.2 Å². The molecule has 3 rings (SSSR count). The summed E-state index contributed by atoms with van der Waals surface area (Å²) in [7, 11) is 2.91. The first kappa shape index (κ1) is 28.5. The number of rotatable bonds is 12. The lowest BCUT2D eigenvalue weighted by Gasteiger charge is -2.17. The van der Waals surface area contributed by atoms with Crippen LogP contribution < -0.4 is 31.4 Å². The minimum absolute atomic E-state index is 0.0339. The molecule has 0 aliphatic rings. The van der Waals surface area contributed by atoms with Crippen LogP contribution in [0.15, 0.2) is 46.0 Å². The summed E-state index contributed by atoms with van der Waals surface area (Å²) in [5, 5.41) is 5.87. The van der Waals surface area contributed by atoms with Crippen molar-refractivity contribution in [2.75, 3.05) is 27.3 Å². The van der Waals surface area contributed by atoms with E-state index in [9.17, 15) is 19.2 Å². The Hall–Kier alpha value is -4.08. The van der Waals surface area contributed by atoms with E-state index in [-0.39, 0.29) is 35.8 Å². The number of benzene rings is 2. The number of nitrogens with zero attached hydrogens (tertiary/aromatic N) is 2. The van der Waals surface area contributed by atoms with Crippen LogP contribution in [0.5, 0.6) is 11.5 Å². The molecule has 0 spiro atoms. The van der Waals surface area contributed by atoms with Crippen molar-refractivity contribution in [1.29, 1.82) is 0 Å². The first-order chi connectivity index (χ1) is 18.2. The Kier molecular flexibility index (Phi) is 9.70. The Labute approximate surface area is 221 Å². The van der Waals surface area contributed by atoms with Crippen molar-refractivity contribution in [3.63, 3.8) is 0 Å². The Bertz CT molecular complexity index is 1410. The van der Waals surface area contributed by atoms with Crippen molar-refractivity contribution in [3.8, 4) is 11.5 Å².